The monoisotopic (exact) mass is 256 g/mol. The van der Waals surface area contributed by atoms with Crippen LogP contribution >= 0.6 is 0 Å². The average Bonchev–Trinajstić information content (AvgIpc) is 2.85. The van der Waals surface area contributed by atoms with Crippen molar-refractivity contribution in [1.29, 1.82) is 0 Å². The molecule has 0 atom stereocenters. The third-order valence-electron chi connectivity index (χ3n) is 4.18. The van der Waals surface area contributed by atoms with Crippen LogP contribution in [-0.2, 0) is 9.47 Å². The Labute approximate surface area is 109 Å². The first-order valence-corrected chi connectivity index (χ1v) is 6.84. The normalized spacial score (nSPS) is 23.3. The van der Waals surface area contributed by atoms with Crippen molar-refractivity contribution in [2.75, 3.05) is 33.9 Å². The molecule has 0 N–H and O–H groups in total. The summed E-state index contributed by atoms with van der Waals surface area (Å²) in [4.78, 5) is 15.7. The predicted molar refractivity (Wildman–Crippen MR) is 68.4 cm³/mol. The Balaban J connectivity index is 1.87. The molecule has 0 aromatic heterocycles. The molecule has 5 heteroatoms. The van der Waals surface area contributed by atoms with Crippen molar-refractivity contribution in [2.24, 2.45) is 0 Å². The summed E-state index contributed by atoms with van der Waals surface area (Å²) in [6, 6.07) is 0.414. The molecule has 1 spiro atoms. The molecule has 2 aliphatic rings. The van der Waals surface area contributed by atoms with Crippen molar-refractivity contribution in [2.45, 2.75) is 44.4 Å². The SMILES string of the molecule is CCN(C)C(=O)N(C)C1CCC2(CC1)OCCO2. The number of rotatable bonds is 2. The Hall–Kier alpha value is -0.810. The topological polar surface area (TPSA) is 42.0 Å². The number of nitrogens with zero attached hydrogens (tertiary/aromatic N) is 2. The lowest BCUT2D eigenvalue weighted by molar-refractivity contribution is -0.182. The first-order valence-electron chi connectivity index (χ1n) is 6.84. The molecule has 1 heterocycles. The van der Waals surface area contributed by atoms with Crippen molar-refractivity contribution in [3.63, 3.8) is 0 Å². The van der Waals surface area contributed by atoms with Crippen LogP contribution in [0.2, 0.25) is 0 Å². The highest BCUT2D eigenvalue weighted by molar-refractivity contribution is 5.74. The molecule has 2 fully saturated rings. The van der Waals surface area contributed by atoms with Gasteiger partial charge in [-0.3, -0.25) is 0 Å². The summed E-state index contributed by atoms with van der Waals surface area (Å²) < 4.78 is 11.4. The minimum Gasteiger partial charge on any atom is -0.348 e. The van der Waals surface area contributed by atoms with Gasteiger partial charge in [0, 0.05) is 39.5 Å². The minimum atomic E-state index is -0.336. The summed E-state index contributed by atoms with van der Waals surface area (Å²) in [5, 5.41) is 0. The lowest BCUT2D eigenvalue weighted by Gasteiger charge is -2.39. The Morgan fingerprint density at radius 1 is 1.22 bits per heavy atom. The zero-order valence-corrected chi connectivity index (χ0v) is 11.6. The molecule has 1 saturated carbocycles. The number of carbonyl (C=O) groups excluding carboxylic acids is 1. The van der Waals surface area contributed by atoms with E-state index in [0.29, 0.717) is 19.3 Å². The minimum absolute atomic E-state index is 0.103. The molecule has 0 bridgehead atoms. The number of carbonyl (C=O) groups is 1. The van der Waals surface area contributed by atoms with Gasteiger partial charge in [0.15, 0.2) is 5.79 Å². The molecule has 18 heavy (non-hydrogen) atoms. The van der Waals surface area contributed by atoms with E-state index in [4.69, 9.17) is 9.47 Å². The highest BCUT2D eigenvalue weighted by atomic mass is 16.7. The van der Waals surface area contributed by atoms with Crippen LogP contribution in [0.1, 0.15) is 32.6 Å². The Bertz CT molecular complexity index is 293. The van der Waals surface area contributed by atoms with Crippen LogP contribution in [0, 0.1) is 0 Å². The number of hydrogen-bond acceptors (Lipinski definition) is 3. The van der Waals surface area contributed by atoms with Gasteiger partial charge in [0.25, 0.3) is 0 Å². The highest BCUT2D eigenvalue weighted by Crippen LogP contribution is 2.37. The van der Waals surface area contributed by atoms with Gasteiger partial charge >= 0.3 is 6.03 Å². The van der Waals surface area contributed by atoms with Crippen LogP contribution in [0.4, 0.5) is 4.79 Å². The fourth-order valence-electron chi connectivity index (χ4n) is 2.78. The standard InChI is InChI=1S/C13H24N2O3/c1-4-14(2)12(16)15(3)11-5-7-13(8-6-11)17-9-10-18-13/h11H,4-10H2,1-3H3. The van der Waals surface area contributed by atoms with Crippen LogP contribution in [0.5, 0.6) is 0 Å². The van der Waals surface area contributed by atoms with E-state index >= 15 is 0 Å². The zero-order chi connectivity index (χ0) is 13.2. The molecular formula is C13H24N2O3. The maximum atomic E-state index is 12.1. The highest BCUT2D eigenvalue weighted by Gasteiger charge is 2.41. The second kappa shape index (κ2) is 5.45. The van der Waals surface area contributed by atoms with Crippen molar-refractivity contribution in [3.8, 4) is 0 Å². The molecule has 0 unspecified atom stereocenters. The van der Waals surface area contributed by atoms with E-state index in [-0.39, 0.29) is 11.8 Å². The zero-order valence-electron chi connectivity index (χ0n) is 11.6. The molecule has 1 saturated heterocycles. The molecule has 0 aromatic carbocycles. The Morgan fingerprint density at radius 3 is 2.28 bits per heavy atom. The summed E-state index contributed by atoms with van der Waals surface area (Å²) in [5.74, 6) is -0.336. The van der Waals surface area contributed by atoms with Gasteiger partial charge in [-0.25, -0.2) is 4.79 Å². The molecule has 1 aliphatic carbocycles. The molecule has 2 rings (SSSR count). The van der Waals surface area contributed by atoms with Crippen LogP contribution in [0.3, 0.4) is 0 Å². The van der Waals surface area contributed by atoms with Gasteiger partial charge in [-0.2, -0.15) is 0 Å². The van der Waals surface area contributed by atoms with Gasteiger partial charge in [-0.15, -0.1) is 0 Å². The lowest BCUT2D eigenvalue weighted by Crippen LogP contribution is -2.48. The van der Waals surface area contributed by atoms with E-state index in [0.717, 1.165) is 32.2 Å². The van der Waals surface area contributed by atoms with E-state index < -0.39 is 0 Å². The molecular weight excluding hydrogens is 232 g/mol. The van der Waals surface area contributed by atoms with E-state index in [2.05, 4.69) is 0 Å². The van der Waals surface area contributed by atoms with Crippen molar-refractivity contribution in [3.05, 3.63) is 0 Å². The van der Waals surface area contributed by atoms with Gasteiger partial charge in [-0.05, 0) is 19.8 Å². The van der Waals surface area contributed by atoms with E-state index in [1.165, 1.54) is 0 Å². The Kier molecular flexibility index (Phi) is 4.12. The second-order valence-corrected chi connectivity index (χ2v) is 5.25. The maximum absolute atomic E-state index is 12.1. The van der Waals surface area contributed by atoms with Gasteiger partial charge in [0.1, 0.15) is 0 Å². The van der Waals surface area contributed by atoms with Crippen LogP contribution in [-0.4, -0.2) is 61.5 Å². The van der Waals surface area contributed by atoms with E-state index in [1.807, 2.05) is 25.9 Å². The summed E-state index contributed by atoms with van der Waals surface area (Å²) in [6.45, 7) is 4.14. The van der Waals surface area contributed by atoms with Crippen molar-refractivity contribution < 1.29 is 14.3 Å². The van der Waals surface area contributed by atoms with Gasteiger partial charge in [0.05, 0.1) is 13.2 Å². The summed E-state index contributed by atoms with van der Waals surface area (Å²) in [6.07, 6.45) is 3.70. The van der Waals surface area contributed by atoms with E-state index in [9.17, 15) is 4.79 Å². The first kappa shape index (κ1) is 13.6. The summed E-state index contributed by atoms with van der Waals surface area (Å²) in [5.41, 5.74) is 0. The third-order valence-corrected chi connectivity index (χ3v) is 4.18. The second-order valence-electron chi connectivity index (χ2n) is 5.25. The number of amides is 2. The number of hydrogen-bond donors (Lipinski definition) is 0. The van der Waals surface area contributed by atoms with Gasteiger partial charge in [0.2, 0.25) is 0 Å². The van der Waals surface area contributed by atoms with Crippen LogP contribution < -0.4 is 0 Å². The lowest BCUT2D eigenvalue weighted by atomic mass is 9.89. The van der Waals surface area contributed by atoms with Crippen molar-refractivity contribution >= 4 is 6.03 Å². The fourth-order valence-corrected chi connectivity index (χ4v) is 2.78. The molecule has 5 nitrogen and oxygen atoms in total. The van der Waals surface area contributed by atoms with Gasteiger partial charge < -0.3 is 19.3 Å². The first-order chi connectivity index (χ1) is 8.58. The van der Waals surface area contributed by atoms with Crippen molar-refractivity contribution in [1.82, 2.24) is 9.80 Å². The summed E-state index contributed by atoms with van der Waals surface area (Å²) in [7, 11) is 3.74. The van der Waals surface area contributed by atoms with E-state index in [1.54, 1.807) is 4.90 Å². The fraction of sp³-hybridized carbons (Fsp3) is 0.923. The number of urea groups is 1. The predicted octanol–water partition coefficient (Wildman–Crippen LogP) is 1.68. The molecule has 2 amide bonds. The van der Waals surface area contributed by atoms with Crippen LogP contribution in [0.25, 0.3) is 0 Å². The molecule has 0 radical (unpaired) electrons. The van der Waals surface area contributed by atoms with Gasteiger partial charge in [-0.1, -0.05) is 0 Å². The molecule has 104 valence electrons. The molecule has 0 aromatic rings. The molecule has 1 aliphatic heterocycles. The van der Waals surface area contributed by atoms with Crippen LogP contribution in [0.15, 0.2) is 0 Å². The Morgan fingerprint density at radius 2 is 1.78 bits per heavy atom. The number of ether oxygens (including phenoxy) is 2. The maximum Gasteiger partial charge on any atom is 0.319 e. The third kappa shape index (κ3) is 2.62. The average molecular weight is 256 g/mol. The largest absolute Gasteiger partial charge is 0.348 e. The summed E-state index contributed by atoms with van der Waals surface area (Å²) >= 11 is 0. The smallest absolute Gasteiger partial charge is 0.319 e. The quantitative estimate of drug-likeness (QED) is 0.755.